The molecule has 5 heteroatoms. The molecule has 0 aromatic heterocycles. The van der Waals surface area contributed by atoms with Crippen LogP contribution in [-0.4, -0.2) is 11.3 Å². The van der Waals surface area contributed by atoms with Gasteiger partial charge < -0.3 is 5.11 Å². The van der Waals surface area contributed by atoms with E-state index < -0.39 is 0 Å². The van der Waals surface area contributed by atoms with Crippen molar-refractivity contribution in [3.05, 3.63) is 58.6 Å². The summed E-state index contributed by atoms with van der Waals surface area (Å²) in [6.45, 7) is 1.85. The molecule has 0 aliphatic rings. The molecule has 1 N–H and O–H groups in total. The van der Waals surface area contributed by atoms with Crippen LogP contribution in [0.15, 0.2) is 47.5 Å². The standard InChI is InChI=1S/C14H12ClNO.O.V/c1-10-5-4-6-11(14(10)17)9-16-13-8-3-2-7-12(13)15;;/h2-9,17H,1H3;;. The number of nitrogens with zero attached hydrogens (tertiary/aromatic N) is 1. The SMILES string of the molecule is Cc1cccc(C=Nc2ccccc2Cl)c1O.[O]=[V]. The Morgan fingerprint density at radius 2 is 1.84 bits per heavy atom. The number of benzene rings is 2. The van der Waals surface area contributed by atoms with Crippen LogP contribution >= 0.6 is 11.6 Å². The first-order valence-electron chi connectivity index (χ1n) is 5.44. The number of rotatable bonds is 2. The van der Waals surface area contributed by atoms with E-state index >= 15 is 0 Å². The molecule has 0 saturated heterocycles. The molecule has 0 radical (unpaired) electrons. The van der Waals surface area contributed by atoms with E-state index in [9.17, 15) is 5.11 Å². The third kappa shape index (κ3) is 4.32. The van der Waals surface area contributed by atoms with Crippen LogP contribution in [0.5, 0.6) is 5.75 Å². The molecule has 0 amide bonds. The van der Waals surface area contributed by atoms with Gasteiger partial charge in [0.25, 0.3) is 0 Å². The summed E-state index contributed by atoms with van der Waals surface area (Å²) >= 11 is 7.05. The van der Waals surface area contributed by atoms with Crippen molar-refractivity contribution in [1.82, 2.24) is 0 Å². The molecule has 2 aromatic carbocycles. The van der Waals surface area contributed by atoms with E-state index in [1.165, 1.54) is 0 Å². The third-order valence-electron chi connectivity index (χ3n) is 2.46. The Morgan fingerprint density at radius 3 is 2.53 bits per heavy atom. The number of para-hydroxylation sites is 2. The molecule has 0 aliphatic heterocycles. The van der Waals surface area contributed by atoms with Crippen molar-refractivity contribution in [2.45, 2.75) is 6.92 Å². The van der Waals surface area contributed by atoms with Crippen molar-refractivity contribution >= 4 is 23.5 Å². The maximum atomic E-state index is 9.82. The second kappa shape index (κ2) is 7.90. The van der Waals surface area contributed by atoms with Crippen LogP contribution < -0.4 is 0 Å². The zero-order valence-electron chi connectivity index (χ0n) is 10.2. The fourth-order valence-corrected chi connectivity index (χ4v) is 1.67. The van der Waals surface area contributed by atoms with E-state index in [2.05, 4.69) is 4.99 Å². The van der Waals surface area contributed by atoms with Gasteiger partial charge in [-0.3, -0.25) is 4.99 Å². The van der Waals surface area contributed by atoms with Gasteiger partial charge in [0.1, 0.15) is 5.75 Å². The number of phenolic OH excluding ortho intramolecular Hbond substituents is 1. The Kier molecular flexibility index (Phi) is 6.50. The fourth-order valence-electron chi connectivity index (χ4n) is 1.48. The summed E-state index contributed by atoms with van der Waals surface area (Å²) in [5, 5.41) is 10.4. The molecule has 0 atom stereocenters. The van der Waals surface area contributed by atoms with E-state index in [1.54, 1.807) is 12.3 Å². The molecule has 0 aliphatic carbocycles. The second-order valence-electron chi connectivity index (χ2n) is 3.72. The van der Waals surface area contributed by atoms with E-state index in [0.717, 1.165) is 22.9 Å². The van der Waals surface area contributed by atoms with E-state index in [-0.39, 0.29) is 5.75 Å². The van der Waals surface area contributed by atoms with Crippen LogP contribution in [-0.2, 0) is 21.0 Å². The van der Waals surface area contributed by atoms with Crippen LogP contribution in [0, 0.1) is 6.92 Å². The van der Waals surface area contributed by atoms with Crippen molar-refractivity contribution in [2.75, 3.05) is 0 Å². The van der Waals surface area contributed by atoms with Gasteiger partial charge in [-0.05, 0) is 30.7 Å². The molecule has 0 saturated carbocycles. The molecule has 0 spiro atoms. The van der Waals surface area contributed by atoms with Crippen LogP contribution in [0.1, 0.15) is 11.1 Å². The number of aryl methyl sites for hydroxylation is 1. The summed E-state index contributed by atoms with van der Waals surface area (Å²) in [7, 11) is 0. The first-order chi connectivity index (χ1) is 9.18. The van der Waals surface area contributed by atoms with Crippen LogP contribution in [0.4, 0.5) is 5.69 Å². The summed E-state index contributed by atoms with van der Waals surface area (Å²) in [5.41, 5.74) is 2.20. The zero-order valence-corrected chi connectivity index (χ0v) is 12.4. The summed E-state index contributed by atoms with van der Waals surface area (Å²) in [5.74, 6) is 0.253. The molecule has 0 heterocycles. The fraction of sp³-hybridized carbons (Fsp3) is 0.0714. The molecule has 0 unspecified atom stereocenters. The monoisotopic (exact) mass is 312 g/mol. The van der Waals surface area contributed by atoms with E-state index in [4.69, 9.17) is 15.3 Å². The number of aliphatic imine (C=N–C) groups is 1. The number of phenols is 1. The third-order valence-corrected chi connectivity index (χ3v) is 2.78. The van der Waals surface area contributed by atoms with E-state index in [0.29, 0.717) is 16.3 Å². The maximum absolute atomic E-state index is 9.82. The van der Waals surface area contributed by atoms with Crippen molar-refractivity contribution in [2.24, 2.45) is 4.99 Å². The molecule has 2 aromatic rings. The molecule has 19 heavy (non-hydrogen) atoms. The minimum absolute atomic E-state index is 0.253. The first-order valence-corrected chi connectivity index (χ1v) is 6.39. The van der Waals surface area contributed by atoms with Gasteiger partial charge in [0.05, 0.1) is 10.7 Å². The predicted molar refractivity (Wildman–Crippen MR) is 72.2 cm³/mol. The summed E-state index contributed by atoms with van der Waals surface area (Å²) in [6, 6.07) is 12.9. The number of hydrogen-bond donors (Lipinski definition) is 1. The average Bonchev–Trinajstić information content (AvgIpc) is 2.44. The van der Waals surface area contributed by atoms with Gasteiger partial charge in [0.15, 0.2) is 0 Å². The summed E-state index contributed by atoms with van der Waals surface area (Å²) < 4.78 is 8.19. The van der Waals surface area contributed by atoms with E-state index in [1.807, 2.05) is 43.3 Å². The molecular weight excluding hydrogens is 301 g/mol. The molecule has 97 valence electrons. The Balaban J connectivity index is 0.000000861. The van der Waals surface area contributed by atoms with Gasteiger partial charge in [-0.25, -0.2) is 0 Å². The molecular formula is C14H12ClNO2V. The summed E-state index contributed by atoms with van der Waals surface area (Å²) in [4.78, 5) is 4.26. The number of aromatic hydroxyl groups is 1. The molecule has 0 bridgehead atoms. The molecule has 2 rings (SSSR count). The van der Waals surface area contributed by atoms with Gasteiger partial charge >= 0.3 is 21.0 Å². The van der Waals surface area contributed by atoms with Gasteiger partial charge in [-0.1, -0.05) is 35.9 Å². The van der Waals surface area contributed by atoms with Gasteiger partial charge in [-0.2, -0.15) is 0 Å². The summed E-state index contributed by atoms with van der Waals surface area (Å²) in [6.07, 6.45) is 1.61. The quantitative estimate of drug-likeness (QED) is 0.853. The van der Waals surface area contributed by atoms with Crippen LogP contribution in [0.2, 0.25) is 5.02 Å². The number of hydrogen-bond acceptors (Lipinski definition) is 3. The van der Waals surface area contributed by atoms with Gasteiger partial charge in [0, 0.05) is 11.8 Å². The number of halogens is 1. The van der Waals surface area contributed by atoms with Crippen LogP contribution in [0.3, 0.4) is 0 Å². The second-order valence-corrected chi connectivity index (χ2v) is 4.13. The van der Waals surface area contributed by atoms with Crippen LogP contribution in [0.25, 0.3) is 0 Å². The first kappa shape index (κ1) is 15.6. The Morgan fingerprint density at radius 1 is 1.16 bits per heavy atom. The van der Waals surface area contributed by atoms with Crippen molar-refractivity contribution < 1.29 is 26.1 Å². The Labute approximate surface area is 126 Å². The van der Waals surface area contributed by atoms with Gasteiger partial charge in [-0.15, -0.1) is 0 Å². The zero-order chi connectivity index (χ0) is 14.3. The topological polar surface area (TPSA) is 49.7 Å². The van der Waals surface area contributed by atoms with Crippen molar-refractivity contribution in [3.63, 3.8) is 0 Å². The molecule has 0 fully saturated rings. The predicted octanol–water partition coefficient (Wildman–Crippen LogP) is 3.98. The van der Waals surface area contributed by atoms with Crippen molar-refractivity contribution in [3.8, 4) is 5.75 Å². The minimum atomic E-state index is 0.253. The normalized spacial score (nSPS) is 9.95. The van der Waals surface area contributed by atoms with Gasteiger partial charge in [0.2, 0.25) is 0 Å². The average molecular weight is 313 g/mol. The van der Waals surface area contributed by atoms with Crippen molar-refractivity contribution in [1.29, 1.82) is 0 Å². The Bertz CT molecular complexity index is 587. The molecule has 3 nitrogen and oxygen atoms in total. The Hall–Kier alpha value is -1.42.